The molecule has 2 aliphatic heterocycles. The molecule has 2 heterocycles. The zero-order chi connectivity index (χ0) is 20.1. The summed E-state index contributed by atoms with van der Waals surface area (Å²) in [5.41, 5.74) is 6.90. The van der Waals surface area contributed by atoms with Crippen molar-refractivity contribution in [2.75, 3.05) is 33.4 Å². The second kappa shape index (κ2) is 9.86. The predicted molar refractivity (Wildman–Crippen MR) is 117 cm³/mol. The van der Waals surface area contributed by atoms with E-state index >= 15 is 0 Å². The topological polar surface area (TPSA) is 33.7 Å². The summed E-state index contributed by atoms with van der Waals surface area (Å²) in [4.78, 5) is 2.60. The molecule has 2 aliphatic rings. The van der Waals surface area contributed by atoms with Crippen LogP contribution < -0.4 is 5.32 Å². The van der Waals surface area contributed by atoms with Gasteiger partial charge in [0.15, 0.2) is 0 Å². The summed E-state index contributed by atoms with van der Waals surface area (Å²) in [6, 6.07) is 15.4. The average Bonchev–Trinajstić information content (AvgIpc) is 3.19. The smallest absolute Gasteiger partial charge is 0.134 e. The number of likely N-dealkylation sites (tertiary alicyclic amines) is 1. The minimum Gasteiger partial charge on any atom is -0.377 e. The first kappa shape index (κ1) is 20.5. The lowest BCUT2D eigenvalue weighted by Crippen LogP contribution is -2.34. The lowest BCUT2D eigenvalue weighted by atomic mass is 9.85. The third-order valence-corrected chi connectivity index (χ3v) is 6.41. The number of benzene rings is 2. The van der Waals surface area contributed by atoms with Crippen molar-refractivity contribution in [3.8, 4) is 0 Å². The number of ether oxygens (including phenoxy) is 2. The molecule has 1 unspecified atom stereocenters. The van der Waals surface area contributed by atoms with E-state index < -0.39 is 0 Å². The van der Waals surface area contributed by atoms with Gasteiger partial charge in [0.2, 0.25) is 0 Å². The second-order valence-electron chi connectivity index (χ2n) is 8.42. The minimum absolute atomic E-state index is 0.0601. The molecular formula is C25H34N2O2. The van der Waals surface area contributed by atoms with Crippen LogP contribution in [0.1, 0.15) is 59.2 Å². The van der Waals surface area contributed by atoms with Crippen LogP contribution in [0.2, 0.25) is 0 Å². The van der Waals surface area contributed by atoms with Crippen molar-refractivity contribution in [1.82, 2.24) is 10.2 Å². The summed E-state index contributed by atoms with van der Waals surface area (Å²) >= 11 is 0. The van der Waals surface area contributed by atoms with Gasteiger partial charge in [-0.1, -0.05) is 48.0 Å². The maximum Gasteiger partial charge on any atom is 0.134 e. The molecule has 1 N–H and O–H groups in total. The van der Waals surface area contributed by atoms with Crippen LogP contribution in [-0.4, -0.2) is 38.3 Å². The van der Waals surface area contributed by atoms with E-state index in [4.69, 9.17) is 9.47 Å². The molecule has 0 amide bonds. The number of fused-ring (bicyclic) bond motifs is 1. The van der Waals surface area contributed by atoms with Crippen molar-refractivity contribution < 1.29 is 9.47 Å². The fourth-order valence-corrected chi connectivity index (χ4v) is 4.70. The van der Waals surface area contributed by atoms with Gasteiger partial charge in [0.1, 0.15) is 6.23 Å². The largest absolute Gasteiger partial charge is 0.377 e. The van der Waals surface area contributed by atoms with Crippen LogP contribution in [-0.2, 0) is 22.6 Å². The molecule has 0 aromatic heterocycles. The van der Waals surface area contributed by atoms with Crippen LogP contribution >= 0.6 is 0 Å². The van der Waals surface area contributed by atoms with Gasteiger partial charge in [-0.2, -0.15) is 0 Å². The molecule has 0 aliphatic carbocycles. The lowest BCUT2D eigenvalue weighted by molar-refractivity contribution is 0.0829. The summed E-state index contributed by atoms with van der Waals surface area (Å²) in [7, 11) is 1.78. The summed E-state index contributed by atoms with van der Waals surface area (Å²) in [6.45, 7) is 8.12. The van der Waals surface area contributed by atoms with Crippen molar-refractivity contribution in [3.05, 3.63) is 70.3 Å². The van der Waals surface area contributed by atoms with Gasteiger partial charge < -0.3 is 14.4 Å². The van der Waals surface area contributed by atoms with Gasteiger partial charge in [-0.25, -0.2) is 0 Å². The van der Waals surface area contributed by atoms with Crippen LogP contribution in [0.15, 0.2) is 42.5 Å². The minimum atomic E-state index is 0.0601. The number of methoxy groups -OCH3 is 1. The highest BCUT2D eigenvalue weighted by Gasteiger charge is 2.28. The van der Waals surface area contributed by atoms with Crippen LogP contribution in [0, 0.1) is 6.92 Å². The third-order valence-electron chi connectivity index (χ3n) is 6.41. The van der Waals surface area contributed by atoms with Crippen molar-refractivity contribution in [1.29, 1.82) is 0 Å². The molecule has 0 radical (unpaired) electrons. The van der Waals surface area contributed by atoms with E-state index in [9.17, 15) is 0 Å². The molecule has 0 bridgehead atoms. The maximum absolute atomic E-state index is 5.87. The monoisotopic (exact) mass is 394 g/mol. The van der Waals surface area contributed by atoms with Crippen molar-refractivity contribution in [2.24, 2.45) is 0 Å². The Balaban J connectivity index is 1.19. The Hall–Kier alpha value is -1.72. The summed E-state index contributed by atoms with van der Waals surface area (Å²) in [5, 5.41) is 3.47. The summed E-state index contributed by atoms with van der Waals surface area (Å²) < 4.78 is 11.4. The number of rotatable bonds is 8. The van der Waals surface area contributed by atoms with Crippen molar-refractivity contribution in [2.45, 2.75) is 51.5 Å². The number of piperidine rings is 1. The Morgan fingerprint density at radius 1 is 1.03 bits per heavy atom. The molecular weight excluding hydrogens is 360 g/mol. The average molecular weight is 395 g/mol. The molecule has 4 rings (SSSR count). The molecule has 0 saturated carbocycles. The number of hydrogen-bond acceptors (Lipinski definition) is 4. The fraction of sp³-hybridized carbons (Fsp3) is 0.520. The Labute approximate surface area is 175 Å². The molecule has 4 heteroatoms. The Morgan fingerprint density at radius 3 is 2.55 bits per heavy atom. The Morgan fingerprint density at radius 2 is 1.79 bits per heavy atom. The van der Waals surface area contributed by atoms with Gasteiger partial charge in [0.25, 0.3) is 0 Å². The van der Waals surface area contributed by atoms with Crippen LogP contribution in [0.4, 0.5) is 0 Å². The highest BCUT2D eigenvalue weighted by molar-refractivity contribution is 5.41. The van der Waals surface area contributed by atoms with E-state index in [1.165, 1.54) is 53.7 Å². The first-order chi connectivity index (χ1) is 14.2. The fourth-order valence-electron chi connectivity index (χ4n) is 4.70. The first-order valence-corrected chi connectivity index (χ1v) is 11.0. The standard InChI is InChI=1S/C25H34N2O2/c1-19-7-9-20(10-8-19)18-29-16-4-13-27-14-11-21(12-15-27)22-5-3-6-23-24(22)17-26-25(23)28-2/h3,5-10,21,25-26H,4,11-18H2,1-2H3. The van der Waals surface area contributed by atoms with Gasteiger partial charge in [-0.15, -0.1) is 0 Å². The van der Waals surface area contributed by atoms with Crippen LogP contribution in [0.25, 0.3) is 0 Å². The normalized spacial score (nSPS) is 20.1. The lowest BCUT2D eigenvalue weighted by Gasteiger charge is -2.33. The molecule has 1 atom stereocenters. The maximum atomic E-state index is 5.87. The first-order valence-electron chi connectivity index (χ1n) is 11.0. The highest BCUT2D eigenvalue weighted by Crippen LogP contribution is 2.36. The number of aryl methyl sites for hydroxylation is 1. The third kappa shape index (κ3) is 5.07. The molecule has 156 valence electrons. The second-order valence-corrected chi connectivity index (χ2v) is 8.42. The number of nitrogens with zero attached hydrogens (tertiary/aromatic N) is 1. The number of hydrogen-bond donors (Lipinski definition) is 1. The molecule has 1 saturated heterocycles. The Bertz CT molecular complexity index is 782. The van der Waals surface area contributed by atoms with Crippen LogP contribution in [0.3, 0.4) is 0 Å². The van der Waals surface area contributed by atoms with Gasteiger partial charge in [0.05, 0.1) is 6.61 Å². The zero-order valence-electron chi connectivity index (χ0n) is 17.8. The van der Waals surface area contributed by atoms with Crippen molar-refractivity contribution in [3.63, 3.8) is 0 Å². The molecule has 0 spiro atoms. The molecule has 2 aromatic rings. The predicted octanol–water partition coefficient (Wildman–Crippen LogP) is 4.53. The van der Waals surface area contributed by atoms with Gasteiger partial charge in [-0.05, 0) is 61.9 Å². The molecule has 2 aromatic carbocycles. The number of nitrogens with one attached hydrogen (secondary N) is 1. The molecule has 29 heavy (non-hydrogen) atoms. The zero-order valence-corrected chi connectivity index (χ0v) is 17.8. The van der Waals surface area contributed by atoms with Crippen molar-refractivity contribution >= 4 is 0 Å². The molecule has 4 nitrogen and oxygen atoms in total. The van der Waals surface area contributed by atoms with E-state index in [1.807, 2.05) is 0 Å². The van der Waals surface area contributed by atoms with Crippen LogP contribution in [0.5, 0.6) is 0 Å². The highest BCUT2D eigenvalue weighted by atomic mass is 16.5. The SMILES string of the molecule is COC1NCc2c(C3CCN(CCCOCc4ccc(C)cc4)CC3)cccc21. The van der Waals surface area contributed by atoms with E-state index in [1.54, 1.807) is 7.11 Å². The molecule has 1 fully saturated rings. The van der Waals surface area contributed by atoms with E-state index in [2.05, 4.69) is 59.6 Å². The van der Waals surface area contributed by atoms with E-state index in [-0.39, 0.29) is 6.23 Å². The van der Waals surface area contributed by atoms with Gasteiger partial charge >= 0.3 is 0 Å². The summed E-state index contributed by atoms with van der Waals surface area (Å²) in [5.74, 6) is 0.677. The van der Waals surface area contributed by atoms with Gasteiger partial charge in [0, 0.05) is 32.4 Å². The van der Waals surface area contributed by atoms with E-state index in [0.717, 1.165) is 32.7 Å². The van der Waals surface area contributed by atoms with E-state index in [0.29, 0.717) is 5.92 Å². The Kier molecular flexibility index (Phi) is 6.98. The quantitative estimate of drug-likeness (QED) is 0.667. The summed E-state index contributed by atoms with van der Waals surface area (Å²) in [6.07, 6.45) is 3.66. The van der Waals surface area contributed by atoms with Gasteiger partial charge in [-0.3, -0.25) is 5.32 Å².